The van der Waals surface area contributed by atoms with E-state index in [4.69, 9.17) is 0 Å². The maximum absolute atomic E-state index is 13.1. The fraction of sp³-hybridized carbons (Fsp3) is 0.619. The average molecular weight is 422 g/mol. The summed E-state index contributed by atoms with van der Waals surface area (Å²) in [6, 6.07) is 6.83. The van der Waals surface area contributed by atoms with Crippen molar-refractivity contribution in [2.24, 2.45) is 5.92 Å². The average Bonchev–Trinajstić information content (AvgIpc) is 3.05. The molecule has 2 saturated heterocycles. The summed E-state index contributed by atoms with van der Waals surface area (Å²) in [4.78, 5) is 29.8. The third kappa shape index (κ3) is 5.17. The van der Waals surface area contributed by atoms with E-state index in [1.165, 1.54) is 0 Å². The van der Waals surface area contributed by atoms with Gasteiger partial charge in [0.1, 0.15) is 6.04 Å². The van der Waals surface area contributed by atoms with Crippen LogP contribution >= 0.6 is 0 Å². The van der Waals surface area contributed by atoms with Gasteiger partial charge in [-0.25, -0.2) is 8.42 Å². The Morgan fingerprint density at radius 1 is 1.10 bits per heavy atom. The summed E-state index contributed by atoms with van der Waals surface area (Å²) in [5, 5.41) is 2.92. The molecule has 2 aliphatic heterocycles. The summed E-state index contributed by atoms with van der Waals surface area (Å²) in [5.41, 5.74) is 1.46. The lowest BCUT2D eigenvalue weighted by molar-refractivity contribution is -0.136. The molecule has 1 aromatic rings. The summed E-state index contributed by atoms with van der Waals surface area (Å²) in [6.45, 7) is 8.19. The van der Waals surface area contributed by atoms with Crippen molar-refractivity contribution in [2.45, 2.75) is 39.3 Å². The standard InChI is InChI=1S/C21H31N3O4S/c1-15(2)19(22-20(25)18-7-5-4-6-16(18)3)21(26)24-11-9-23(10-12-24)17-8-13-29(27,28)14-17/h4-7,15,17,19H,8-14H2,1-3H3,(H,22,25)/t17?,19-/m0/s1. The van der Waals surface area contributed by atoms with E-state index in [2.05, 4.69) is 10.2 Å². The first kappa shape index (κ1) is 21.8. The van der Waals surface area contributed by atoms with Crippen molar-refractivity contribution < 1.29 is 18.0 Å². The number of hydrogen-bond acceptors (Lipinski definition) is 5. The number of carbonyl (C=O) groups is 2. The smallest absolute Gasteiger partial charge is 0.252 e. The Kier molecular flexibility index (Phi) is 6.63. The Bertz CT molecular complexity index is 860. The van der Waals surface area contributed by atoms with Crippen LogP contribution in [0, 0.1) is 12.8 Å². The van der Waals surface area contributed by atoms with Crippen LogP contribution in [0.15, 0.2) is 24.3 Å². The monoisotopic (exact) mass is 421 g/mol. The topological polar surface area (TPSA) is 86.8 Å². The van der Waals surface area contributed by atoms with E-state index in [0.29, 0.717) is 38.2 Å². The Balaban J connectivity index is 1.60. The molecule has 8 heteroatoms. The minimum absolute atomic E-state index is 0.0338. The predicted molar refractivity (Wildman–Crippen MR) is 112 cm³/mol. The molecule has 7 nitrogen and oxygen atoms in total. The zero-order valence-electron chi connectivity index (χ0n) is 17.4. The van der Waals surface area contributed by atoms with E-state index < -0.39 is 15.9 Å². The number of amides is 2. The minimum Gasteiger partial charge on any atom is -0.340 e. The van der Waals surface area contributed by atoms with Crippen molar-refractivity contribution in [3.05, 3.63) is 35.4 Å². The third-order valence-corrected chi connectivity index (χ3v) is 7.71. The van der Waals surface area contributed by atoms with Crippen LogP contribution in [0.2, 0.25) is 0 Å². The highest BCUT2D eigenvalue weighted by molar-refractivity contribution is 7.91. The van der Waals surface area contributed by atoms with E-state index in [1.54, 1.807) is 11.0 Å². The number of rotatable bonds is 5. The van der Waals surface area contributed by atoms with Gasteiger partial charge in [-0.05, 0) is 30.9 Å². The molecule has 3 rings (SSSR count). The van der Waals surface area contributed by atoms with Crippen LogP contribution in [0.1, 0.15) is 36.2 Å². The number of sulfone groups is 1. The zero-order valence-corrected chi connectivity index (χ0v) is 18.2. The second-order valence-electron chi connectivity index (χ2n) is 8.43. The van der Waals surface area contributed by atoms with Crippen molar-refractivity contribution in [2.75, 3.05) is 37.7 Å². The number of piperazine rings is 1. The molecular weight excluding hydrogens is 390 g/mol. The highest BCUT2D eigenvalue weighted by Crippen LogP contribution is 2.20. The lowest BCUT2D eigenvalue weighted by atomic mass is 10.0. The van der Waals surface area contributed by atoms with Crippen LogP contribution in [0.25, 0.3) is 0 Å². The van der Waals surface area contributed by atoms with E-state index in [0.717, 1.165) is 5.56 Å². The van der Waals surface area contributed by atoms with Gasteiger partial charge in [-0.3, -0.25) is 14.5 Å². The maximum Gasteiger partial charge on any atom is 0.252 e. The summed E-state index contributed by atoms with van der Waals surface area (Å²) >= 11 is 0. The van der Waals surface area contributed by atoms with Gasteiger partial charge in [0.2, 0.25) is 5.91 Å². The van der Waals surface area contributed by atoms with E-state index in [-0.39, 0.29) is 35.3 Å². The van der Waals surface area contributed by atoms with Gasteiger partial charge in [0.15, 0.2) is 9.84 Å². The normalized spacial score (nSPS) is 23.2. The number of nitrogens with zero attached hydrogens (tertiary/aromatic N) is 2. The fourth-order valence-electron chi connectivity index (χ4n) is 4.13. The number of hydrogen-bond donors (Lipinski definition) is 1. The molecule has 1 aromatic carbocycles. The molecule has 0 spiro atoms. The summed E-state index contributed by atoms with van der Waals surface area (Å²) in [7, 11) is -2.91. The van der Waals surface area contributed by atoms with Gasteiger partial charge >= 0.3 is 0 Å². The molecule has 0 bridgehead atoms. The second kappa shape index (κ2) is 8.83. The van der Waals surface area contributed by atoms with Crippen LogP contribution in [-0.4, -0.2) is 79.8 Å². The number of benzene rings is 1. The van der Waals surface area contributed by atoms with E-state index in [9.17, 15) is 18.0 Å². The first-order valence-electron chi connectivity index (χ1n) is 10.3. The molecule has 2 atom stereocenters. The van der Waals surface area contributed by atoms with Crippen molar-refractivity contribution in [3.63, 3.8) is 0 Å². The largest absolute Gasteiger partial charge is 0.340 e. The van der Waals surface area contributed by atoms with Crippen LogP contribution < -0.4 is 5.32 Å². The van der Waals surface area contributed by atoms with Gasteiger partial charge in [0, 0.05) is 37.8 Å². The molecule has 2 amide bonds. The summed E-state index contributed by atoms with van der Waals surface area (Å²) in [5.74, 6) is 0.151. The molecule has 2 fully saturated rings. The lowest BCUT2D eigenvalue weighted by Crippen LogP contribution is -2.57. The van der Waals surface area contributed by atoms with Crippen LogP contribution in [-0.2, 0) is 14.6 Å². The van der Waals surface area contributed by atoms with Gasteiger partial charge in [0.25, 0.3) is 5.91 Å². The lowest BCUT2D eigenvalue weighted by Gasteiger charge is -2.39. The first-order chi connectivity index (χ1) is 13.7. The maximum atomic E-state index is 13.1. The van der Waals surface area contributed by atoms with Crippen LogP contribution in [0.4, 0.5) is 0 Å². The van der Waals surface area contributed by atoms with Crippen molar-refractivity contribution in [1.82, 2.24) is 15.1 Å². The molecule has 2 heterocycles. The number of carbonyl (C=O) groups excluding carboxylic acids is 2. The zero-order chi connectivity index (χ0) is 21.2. The Morgan fingerprint density at radius 2 is 1.76 bits per heavy atom. The quantitative estimate of drug-likeness (QED) is 0.769. The Hall–Kier alpha value is -1.93. The molecule has 0 aliphatic carbocycles. The summed E-state index contributed by atoms with van der Waals surface area (Å²) < 4.78 is 23.5. The molecule has 29 heavy (non-hydrogen) atoms. The van der Waals surface area contributed by atoms with Gasteiger partial charge in [0.05, 0.1) is 11.5 Å². The van der Waals surface area contributed by atoms with Crippen LogP contribution in [0.5, 0.6) is 0 Å². The van der Waals surface area contributed by atoms with Crippen molar-refractivity contribution in [3.8, 4) is 0 Å². The molecular formula is C21H31N3O4S. The van der Waals surface area contributed by atoms with Gasteiger partial charge in [-0.2, -0.15) is 0 Å². The molecule has 0 radical (unpaired) electrons. The van der Waals surface area contributed by atoms with E-state index >= 15 is 0 Å². The molecule has 1 unspecified atom stereocenters. The van der Waals surface area contributed by atoms with Crippen molar-refractivity contribution >= 4 is 21.7 Å². The van der Waals surface area contributed by atoms with Gasteiger partial charge in [-0.15, -0.1) is 0 Å². The summed E-state index contributed by atoms with van der Waals surface area (Å²) in [6.07, 6.45) is 0.678. The number of aryl methyl sites for hydroxylation is 1. The molecule has 1 N–H and O–H groups in total. The molecule has 160 valence electrons. The third-order valence-electron chi connectivity index (χ3n) is 5.96. The SMILES string of the molecule is Cc1ccccc1C(=O)N[C@H](C(=O)N1CCN(C2CCS(=O)(=O)C2)CC1)C(C)C. The highest BCUT2D eigenvalue weighted by atomic mass is 32.2. The molecule has 0 saturated carbocycles. The first-order valence-corrected chi connectivity index (χ1v) is 12.1. The van der Waals surface area contributed by atoms with Gasteiger partial charge < -0.3 is 10.2 Å². The number of nitrogens with one attached hydrogen (secondary N) is 1. The van der Waals surface area contributed by atoms with Crippen LogP contribution in [0.3, 0.4) is 0 Å². The minimum atomic E-state index is -2.91. The fourth-order valence-corrected chi connectivity index (χ4v) is 5.89. The highest BCUT2D eigenvalue weighted by Gasteiger charge is 2.36. The Labute approximate surface area is 173 Å². The Morgan fingerprint density at radius 3 is 2.31 bits per heavy atom. The second-order valence-corrected chi connectivity index (χ2v) is 10.7. The van der Waals surface area contributed by atoms with E-state index in [1.807, 2.05) is 39.0 Å². The molecule has 0 aromatic heterocycles. The van der Waals surface area contributed by atoms with Crippen molar-refractivity contribution in [1.29, 1.82) is 0 Å². The predicted octanol–water partition coefficient (Wildman–Crippen LogP) is 1.08. The van der Waals surface area contributed by atoms with Gasteiger partial charge in [-0.1, -0.05) is 32.0 Å². The molecule has 2 aliphatic rings.